The van der Waals surface area contributed by atoms with Gasteiger partial charge in [0.05, 0.1) is 13.2 Å². The molecule has 0 unspecified atom stereocenters. The Hall–Kier alpha value is -0.910. The molecule has 0 bridgehead atoms. The van der Waals surface area contributed by atoms with Crippen LogP contribution in [0.5, 0.6) is 0 Å². The second kappa shape index (κ2) is 7.38. The number of hydrogen-bond donors (Lipinski definition) is 1. The number of anilines is 1. The molecule has 5 heteroatoms. The lowest BCUT2D eigenvalue weighted by Crippen LogP contribution is -2.36. The lowest BCUT2D eigenvalue weighted by molar-refractivity contribution is 0.122. The summed E-state index contributed by atoms with van der Waals surface area (Å²) < 4.78 is 16.7. The standard InChI is InChI=1S/C16H24N2O2S/c19-21-11-5-15(6-12-21)17-13-14-1-3-16(4-2-14)18-7-9-20-10-8-18/h1-4,15,17H,5-13H2. The van der Waals surface area contributed by atoms with Crippen molar-refractivity contribution >= 4 is 16.5 Å². The van der Waals surface area contributed by atoms with Gasteiger partial charge in [-0.1, -0.05) is 12.1 Å². The molecule has 2 saturated heterocycles. The van der Waals surface area contributed by atoms with Crippen molar-refractivity contribution in [3.05, 3.63) is 29.8 Å². The van der Waals surface area contributed by atoms with E-state index in [1.165, 1.54) is 11.3 Å². The number of ether oxygens (including phenoxy) is 1. The van der Waals surface area contributed by atoms with Gasteiger partial charge in [0.15, 0.2) is 0 Å². The molecule has 0 aromatic heterocycles. The maximum Gasteiger partial charge on any atom is 0.0642 e. The van der Waals surface area contributed by atoms with E-state index in [0.29, 0.717) is 6.04 Å². The van der Waals surface area contributed by atoms with Crippen molar-refractivity contribution in [3.8, 4) is 0 Å². The highest BCUT2D eigenvalue weighted by molar-refractivity contribution is 7.85. The third kappa shape index (κ3) is 4.28. The van der Waals surface area contributed by atoms with E-state index in [1.54, 1.807) is 0 Å². The molecule has 116 valence electrons. The number of nitrogens with zero attached hydrogens (tertiary/aromatic N) is 1. The van der Waals surface area contributed by atoms with E-state index in [4.69, 9.17) is 4.74 Å². The average molecular weight is 308 g/mol. The second-order valence-electron chi connectivity index (χ2n) is 5.77. The van der Waals surface area contributed by atoms with Crippen LogP contribution in [0, 0.1) is 0 Å². The summed E-state index contributed by atoms with van der Waals surface area (Å²) in [7, 11) is -0.571. The summed E-state index contributed by atoms with van der Waals surface area (Å²) in [6.07, 6.45) is 2.08. The van der Waals surface area contributed by atoms with Crippen molar-refractivity contribution in [3.63, 3.8) is 0 Å². The molecule has 1 aromatic carbocycles. The largest absolute Gasteiger partial charge is 0.378 e. The molecule has 0 spiro atoms. The quantitative estimate of drug-likeness (QED) is 0.916. The topological polar surface area (TPSA) is 41.6 Å². The van der Waals surface area contributed by atoms with Crippen LogP contribution in [0.15, 0.2) is 24.3 Å². The first-order chi connectivity index (χ1) is 10.3. The zero-order valence-corrected chi connectivity index (χ0v) is 13.2. The Morgan fingerprint density at radius 3 is 2.48 bits per heavy atom. The third-order valence-electron chi connectivity index (χ3n) is 4.30. The van der Waals surface area contributed by atoms with E-state index >= 15 is 0 Å². The minimum absolute atomic E-state index is 0.529. The normalized spacial score (nSPS) is 26.8. The first-order valence-corrected chi connectivity index (χ1v) is 9.30. The van der Waals surface area contributed by atoms with E-state index in [-0.39, 0.29) is 0 Å². The van der Waals surface area contributed by atoms with Crippen molar-refractivity contribution in [1.82, 2.24) is 5.32 Å². The lowest BCUT2D eigenvalue weighted by atomic mass is 10.1. The summed E-state index contributed by atoms with van der Waals surface area (Å²) in [4.78, 5) is 2.37. The molecule has 4 nitrogen and oxygen atoms in total. The summed E-state index contributed by atoms with van der Waals surface area (Å²) in [5.74, 6) is 1.71. The minimum atomic E-state index is -0.571. The van der Waals surface area contributed by atoms with Crippen molar-refractivity contribution in [1.29, 1.82) is 0 Å². The maximum absolute atomic E-state index is 11.3. The van der Waals surface area contributed by atoms with Gasteiger partial charge in [-0.15, -0.1) is 0 Å². The van der Waals surface area contributed by atoms with Crippen LogP contribution < -0.4 is 10.2 Å². The van der Waals surface area contributed by atoms with Gasteiger partial charge in [0, 0.05) is 53.7 Å². The van der Waals surface area contributed by atoms with Crippen LogP contribution in [0.2, 0.25) is 0 Å². The number of rotatable bonds is 4. The molecule has 2 aliphatic rings. The smallest absolute Gasteiger partial charge is 0.0642 e. The molecule has 0 amide bonds. The van der Waals surface area contributed by atoms with Crippen molar-refractivity contribution in [2.45, 2.75) is 25.4 Å². The van der Waals surface area contributed by atoms with Gasteiger partial charge >= 0.3 is 0 Å². The molecule has 1 N–H and O–H groups in total. The molecule has 0 radical (unpaired) electrons. The zero-order valence-electron chi connectivity index (χ0n) is 12.4. The van der Waals surface area contributed by atoms with Gasteiger partial charge < -0.3 is 15.0 Å². The molecule has 1 aromatic rings. The number of hydrogen-bond acceptors (Lipinski definition) is 4. The zero-order chi connectivity index (χ0) is 14.5. The van der Waals surface area contributed by atoms with E-state index in [0.717, 1.165) is 57.2 Å². The third-order valence-corrected chi connectivity index (χ3v) is 5.68. The van der Waals surface area contributed by atoms with Crippen LogP contribution in [0.3, 0.4) is 0 Å². The maximum atomic E-state index is 11.3. The van der Waals surface area contributed by atoms with Gasteiger partial charge in [-0.05, 0) is 30.5 Å². The first-order valence-electron chi connectivity index (χ1n) is 7.81. The summed E-state index contributed by atoms with van der Waals surface area (Å²) in [6, 6.07) is 9.36. The second-order valence-corrected chi connectivity index (χ2v) is 7.47. The molecule has 2 aliphatic heterocycles. The van der Waals surface area contributed by atoms with Crippen molar-refractivity contribution in [2.75, 3.05) is 42.7 Å². The van der Waals surface area contributed by atoms with Crippen LogP contribution in [0.4, 0.5) is 5.69 Å². The fourth-order valence-electron chi connectivity index (χ4n) is 2.91. The Kier molecular flexibility index (Phi) is 5.27. The summed E-state index contributed by atoms with van der Waals surface area (Å²) >= 11 is 0. The Labute approximate surface area is 129 Å². The van der Waals surface area contributed by atoms with Crippen LogP contribution >= 0.6 is 0 Å². The highest BCUT2D eigenvalue weighted by Crippen LogP contribution is 2.17. The predicted octanol–water partition coefficient (Wildman–Crippen LogP) is 1.52. The fourth-order valence-corrected chi connectivity index (χ4v) is 4.21. The Morgan fingerprint density at radius 1 is 1.14 bits per heavy atom. The summed E-state index contributed by atoms with van der Waals surface area (Å²) in [5.41, 5.74) is 2.61. The van der Waals surface area contributed by atoms with Crippen LogP contribution in [-0.4, -0.2) is 48.1 Å². The Morgan fingerprint density at radius 2 is 1.81 bits per heavy atom. The van der Waals surface area contributed by atoms with Crippen molar-refractivity contribution < 1.29 is 8.95 Å². The highest BCUT2D eigenvalue weighted by atomic mass is 32.2. The predicted molar refractivity (Wildman–Crippen MR) is 87.2 cm³/mol. The lowest BCUT2D eigenvalue weighted by Gasteiger charge is -2.29. The molecule has 0 aliphatic carbocycles. The van der Waals surface area contributed by atoms with Gasteiger partial charge in [-0.25, -0.2) is 0 Å². The van der Waals surface area contributed by atoms with Gasteiger partial charge in [-0.3, -0.25) is 4.21 Å². The van der Waals surface area contributed by atoms with Gasteiger partial charge in [0.2, 0.25) is 0 Å². The van der Waals surface area contributed by atoms with E-state index in [2.05, 4.69) is 34.5 Å². The molecule has 3 rings (SSSR count). The summed E-state index contributed by atoms with van der Waals surface area (Å²) in [5, 5.41) is 3.59. The molecule has 2 fully saturated rings. The SMILES string of the molecule is O=S1CCC(NCc2ccc(N3CCOCC3)cc2)CC1. The van der Waals surface area contributed by atoms with Crippen molar-refractivity contribution in [2.24, 2.45) is 0 Å². The number of morpholine rings is 1. The molecular formula is C16H24N2O2S. The first kappa shape index (κ1) is 15.0. The van der Waals surface area contributed by atoms with E-state index in [1.807, 2.05) is 0 Å². The summed E-state index contributed by atoms with van der Waals surface area (Å²) in [6.45, 7) is 4.52. The number of benzene rings is 1. The van der Waals surface area contributed by atoms with Crippen LogP contribution in [0.25, 0.3) is 0 Å². The number of nitrogens with one attached hydrogen (secondary N) is 1. The molecule has 2 heterocycles. The van der Waals surface area contributed by atoms with Gasteiger partial charge in [0.1, 0.15) is 0 Å². The Balaban J connectivity index is 1.49. The van der Waals surface area contributed by atoms with Crippen LogP contribution in [0.1, 0.15) is 18.4 Å². The molecule has 0 atom stereocenters. The molecule has 21 heavy (non-hydrogen) atoms. The minimum Gasteiger partial charge on any atom is -0.378 e. The monoisotopic (exact) mass is 308 g/mol. The van der Waals surface area contributed by atoms with E-state index in [9.17, 15) is 4.21 Å². The molecular weight excluding hydrogens is 284 g/mol. The highest BCUT2D eigenvalue weighted by Gasteiger charge is 2.17. The Bertz CT molecular complexity index is 462. The van der Waals surface area contributed by atoms with Gasteiger partial charge in [0.25, 0.3) is 0 Å². The average Bonchev–Trinajstić information content (AvgIpc) is 2.56. The fraction of sp³-hybridized carbons (Fsp3) is 0.625. The van der Waals surface area contributed by atoms with Gasteiger partial charge in [-0.2, -0.15) is 0 Å². The van der Waals surface area contributed by atoms with E-state index < -0.39 is 10.8 Å². The molecule has 0 saturated carbocycles. The van der Waals surface area contributed by atoms with Crippen LogP contribution in [-0.2, 0) is 22.1 Å².